The van der Waals surface area contributed by atoms with Gasteiger partial charge in [0.1, 0.15) is 5.75 Å². The first-order valence-electron chi connectivity index (χ1n) is 8.71. The van der Waals surface area contributed by atoms with E-state index < -0.39 is 0 Å². The van der Waals surface area contributed by atoms with E-state index in [-0.39, 0.29) is 4.75 Å². The smallest absolute Gasteiger partial charge is 0.118 e. The van der Waals surface area contributed by atoms with Gasteiger partial charge in [0.25, 0.3) is 0 Å². The quantitative estimate of drug-likeness (QED) is 0.395. The van der Waals surface area contributed by atoms with Crippen LogP contribution in [-0.4, -0.2) is 21.4 Å². The number of hydrogen-bond donors (Lipinski definition) is 0. The predicted molar refractivity (Wildman–Crippen MR) is 114 cm³/mol. The highest BCUT2D eigenvalue weighted by molar-refractivity contribution is 8.00. The van der Waals surface area contributed by atoms with E-state index in [4.69, 9.17) is 27.9 Å². The standard InChI is InChI=1S/C21H22Cl2N2OS/c1-21(14-25-13-12-24-15-25,27-20-18(22)4-3-5-19(20)23)11-10-16-6-8-17(26-2)9-7-16/h3-9,12-13,15H,10-11,14H2,1-2H3. The van der Waals surface area contributed by atoms with Crippen molar-refractivity contribution in [3.63, 3.8) is 0 Å². The van der Waals surface area contributed by atoms with Crippen molar-refractivity contribution in [3.8, 4) is 5.75 Å². The first-order valence-corrected chi connectivity index (χ1v) is 10.3. The number of thioether (sulfide) groups is 1. The molecule has 3 rings (SSSR count). The number of methoxy groups -OCH3 is 1. The summed E-state index contributed by atoms with van der Waals surface area (Å²) in [5.41, 5.74) is 1.28. The van der Waals surface area contributed by atoms with Crippen LogP contribution >= 0.6 is 35.0 Å². The minimum atomic E-state index is -0.102. The van der Waals surface area contributed by atoms with Gasteiger partial charge in [-0.25, -0.2) is 4.98 Å². The minimum Gasteiger partial charge on any atom is -0.497 e. The zero-order chi connectivity index (χ0) is 19.3. The average Bonchev–Trinajstić information content (AvgIpc) is 3.16. The van der Waals surface area contributed by atoms with Crippen molar-refractivity contribution in [1.82, 2.24) is 9.55 Å². The number of aromatic nitrogens is 2. The molecule has 6 heteroatoms. The minimum absolute atomic E-state index is 0.102. The highest BCUT2D eigenvalue weighted by atomic mass is 35.5. The van der Waals surface area contributed by atoms with Crippen molar-refractivity contribution in [2.24, 2.45) is 0 Å². The monoisotopic (exact) mass is 420 g/mol. The molecule has 27 heavy (non-hydrogen) atoms. The van der Waals surface area contributed by atoms with E-state index in [1.54, 1.807) is 25.1 Å². The molecule has 3 nitrogen and oxygen atoms in total. The molecule has 0 aliphatic rings. The van der Waals surface area contributed by atoms with E-state index in [2.05, 4.69) is 28.6 Å². The first-order chi connectivity index (χ1) is 13.0. The van der Waals surface area contributed by atoms with Crippen LogP contribution in [0.25, 0.3) is 0 Å². The summed E-state index contributed by atoms with van der Waals surface area (Å²) in [6.45, 7) is 3.07. The summed E-state index contributed by atoms with van der Waals surface area (Å²) in [6.07, 6.45) is 7.55. The molecule has 0 spiro atoms. The number of benzene rings is 2. The largest absolute Gasteiger partial charge is 0.497 e. The number of hydrogen-bond acceptors (Lipinski definition) is 3. The van der Waals surface area contributed by atoms with Crippen LogP contribution in [0.5, 0.6) is 5.75 Å². The summed E-state index contributed by atoms with van der Waals surface area (Å²) in [6, 6.07) is 13.9. The molecule has 1 heterocycles. The van der Waals surface area contributed by atoms with Crippen LogP contribution in [0.2, 0.25) is 10.0 Å². The fourth-order valence-electron chi connectivity index (χ4n) is 2.96. The van der Waals surface area contributed by atoms with Gasteiger partial charge in [0.2, 0.25) is 0 Å². The summed E-state index contributed by atoms with van der Waals surface area (Å²) < 4.78 is 7.25. The van der Waals surface area contributed by atoms with Crippen LogP contribution in [-0.2, 0) is 13.0 Å². The Morgan fingerprint density at radius 3 is 2.41 bits per heavy atom. The van der Waals surface area contributed by atoms with Crippen LogP contribution in [0.4, 0.5) is 0 Å². The molecule has 142 valence electrons. The molecule has 0 bridgehead atoms. The fourth-order valence-corrected chi connectivity index (χ4v) is 4.83. The number of nitrogens with zero attached hydrogens (tertiary/aromatic N) is 2. The fraction of sp³-hybridized carbons (Fsp3) is 0.286. The summed E-state index contributed by atoms with van der Waals surface area (Å²) in [7, 11) is 1.68. The van der Waals surface area contributed by atoms with Crippen molar-refractivity contribution in [1.29, 1.82) is 0 Å². The van der Waals surface area contributed by atoms with Gasteiger partial charge < -0.3 is 9.30 Å². The van der Waals surface area contributed by atoms with E-state index in [0.29, 0.717) is 10.0 Å². The number of ether oxygens (including phenoxy) is 1. The molecule has 1 aromatic heterocycles. The Morgan fingerprint density at radius 2 is 1.81 bits per heavy atom. The van der Waals surface area contributed by atoms with E-state index in [9.17, 15) is 0 Å². The number of rotatable bonds is 8. The maximum atomic E-state index is 6.43. The van der Waals surface area contributed by atoms with Gasteiger partial charge in [0.15, 0.2) is 0 Å². The predicted octanol–water partition coefficient (Wildman–Crippen LogP) is 6.38. The Morgan fingerprint density at radius 1 is 1.11 bits per heavy atom. The van der Waals surface area contributed by atoms with Gasteiger partial charge in [-0.2, -0.15) is 0 Å². The second kappa shape index (κ2) is 9.05. The average molecular weight is 421 g/mol. The lowest BCUT2D eigenvalue weighted by Gasteiger charge is -2.30. The Hall–Kier alpha value is -1.62. The molecule has 0 saturated heterocycles. The molecular formula is C21H22Cl2N2OS. The van der Waals surface area contributed by atoms with E-state index in [1.807, 2.05) is 42.9 Å². The number of aryl methyl sites for hydroxylation is 1. The molecule has 0 fully saturated rings. The van der Waals surface area contributed by atoms with Gasteiger partial charge in [-0.3, -0.25) is 0 Å². The van der Waals surface area contributed by atoms with Crippen molar-refractivity contribution in [2.45, 2.75) is 36.0 Å². The topological polar surface area (TPSA) is 27.1 Å². The van der Waals surface area contributed by atoms with Crippen LogP contribution < -0.4 is 4.74 Å². The third-order valence-electron chi connectivity index (χ3n) is 4.45. The molecule has 2 aromatic carbocycles. The maximum absolute atomic E-state index is 6.43. The molecule has 0 saturated carbocycles. The van der Waals surface area contributed by atoms with Crippen LogP contribution in [0, 0.1) is 0 Å². The van der Waals surface area contributed by atoms with Gasteiger partial charge in [-0.05, 0) is 49.6 Å². The summed E-state index contributed by atoms with van der Waals surface area (Å²) in [4.78, 5) is 5.10. The Kier molecular flexibility index (Phi) is 6.74. The number of halogens is 2. The first kappa shape index (κ1) is 20.1. The molecular weight excluding hydrogens is 399 g/mol. The van der Waals surface area contributed by atoms with Gasteiger partial charge >= 0.3 is 0 Å². The van der Waals surface area contributed by atoms with Gasteiger partial charge in [-0.1, -0.05) is 41.4 Å². The molecule has 1 unspecified atom stereocenters. The lowest BCUT2D eigenvalue weighted by molar-refractivity contribution is 0.414. The lowest BCUT2D eigenvalue weighted by Crippen LogP contribution is -2.27. The maximum Gasteiger partial charge on any atom is 0.118 e. The Balaban J connectivity index is 1.80. The van der Waals surface area contributed by atoms with Crippen LogP contribution in [0.3, 0.4) is 0 Å². The zero-order valence-electron chi connectivity index (χ0n) is 15.4. The van der Waals surface area contributed by atoms with E-state index in [0.717, 1.165) is 30.0 Å². The van der Waals surface area contributed by atoms with Gasteiger partial charge in [-0.15, -0.1) is 11.8 Å². The van der Waals surface area contributed by atoms with Crippen molar-refractivity contribution < 1.29 is 4.74 Å². The molecule has 3 aromatic rings. The van der Waals surface area contributed by atoms with E-state index in [1.165, 1.54) is 5.56 Å². The van der Waals surface area contributed by atoms with Gasteiger partial charge in [0, 0.05) is 28.6 Å². The second-order valence-electron chi connectivity index (χ2n) is 6.69. The van der Waals surface area contributed by atoms with Crippen molar-refractivity contribution in [2.75, 3.05) is 7.11 Å². The number of imidazole rings is 1. The highest BCUT2D eigenvalue weighted by Crippen LogP contribution is 2.44. The second-order valence-corrected chi connectivity index (χ2v) is 9.10. The van der Waals surface area contributed by atoms with Crippen LogP contribution in [0.1, 0.15) is 18.9 Å². The van der Waals surface area contributed by atoms with Gasteiger partial charge in [0.05, 0.1) is 23.5 Å². The Bertz CT molecular complexity index is 848. The third kappa shape index (κ3) is 5.44. The molecule has 1 atom stereocenters. The normalized spacial score (nSPS) is 13.3. The molecule has 0 amide bonds. The van der Waals surface area contributed by atoms with Crippen molar-refractivity contribution in [3.05, 3.63) is 76.8 Å². The third-order valence-corrected chi connectivity index (χ3v) is 6.77. The Labute approximate surface area is 174 Å². The van der Waals surface area contributed by atoms with E-state index >= 15 is 0 Å². The summed E-state index contributed by atoms with van der Waals surface area (Å²) >= 11 is 14.6. The molecule has 0 aliphatic heterocycles. The SMILES string of the molecule is COc1ccc(CCC(C)(Cn2ccnc2)Sc2c(Cl)cccc2Cl)cc1. The molecule has 0 radical (unpaired) electrons. The molecule has 0 N–H and O–H groups in total. The highest BCUT2D eigenvalue weighted by Gasteiger charge is 2.28. The lowest BCUT2D eigenvalue weighted by atomic mass is 10.00. The zero-order valence-corrected chi connectivity index (χ0v) is 17.7. The van der Waals surface area contributed by atoms with Crippen LogP contribution in [0.15, 0.2) is 66.1 Å². The van der Waals surface area contributed by atoms with Crippen molar-refractivity contribution >= 4 is 35.0 Å². The summed E-state index contributed by atoms with van der Waals surface area (Å²) in [5, 5.41) is 1.38. The molecule has 0 aliphatic carbocycles. The summed E-state index contributed by atoms with van der Waals surface area (Å²) in [5.74, 6) is 0.872.